The summed E-state index contributed by atoms with van der Waals surface area (Å²) in [6, 6.07) is 12.2. The molecular formula is C17H20N2O3. The molecule has 0 aliphatic carbocycles. The van der Waals surface area contributed by atoms with Crippen LogP contribution in [-0.4, -0.2) is 48.3 Å². The minimum atomic E-state index is -0.519. The molecule has 0 spiro atoms. The van der Waals surface area contributed by atoms with Gasteiger partial charge in [0.25, 0.3) is 0 Å². The van der Waals surface area contributed by atoms with Crippen LogP contribution in [0.4, 0.5) is 0 Å². The van der Waals surface area contributed by atoms with Crippen molar-refractivity contribution >= 4 is 16.9 Å². The highest BCUT2D eigenvalue weighted by molar-refractivity contribution is 5.78. The first-order valence-corrected chi connectivity index (χ1v) is 7.46. The molecular weight excluding hydrogens is 280 g/mol. The number of rotatable bonds is 3. The second-order valence-electron chi connectivity index (χ2n) is 5.65. The molecule has 0 radical (unpaired) electrons. The maximum Gasteiger partial charge on any atom is 0.336 e. The zero-order valence-corrected chi connectivity index (χ0v) is 12.9. The van der Waals surface area contributed by atoms with E-state index in [1.165, 1.54) is 7.11 Å². The number of para-hydroxylation sites is 1. The molecule has 1 aromatic carbocycles. The second kappa shape index (κ2) is 6.42. The van der Waals surface area contributed by atoms with E-state index in [1.54, 1.807) is 0 Å². The van der Waals surface area contributed by atoms with E-state index in [9.17, 15) is 4.79 Å². The number of methoxy groups -OCH3 is 1. The molecule has 2 atom stereocenters. The predicted molar refractivity (Wildman–Crippen MR) is 83.4 cm³/mol. The van der Waals surface area contributed by atoms with Crippen LogP contribution in [0.2, 0.25) is 0 Å². The lowest BCUT2D eigenvalue weighted by molar-refractivity contribution is -0.166. The average Bonchev–Trinajstić information content (AvgIpc) is 2.53. The second-order valence-corrected chi connectivity index (χ2v) is 5.65. The minimum absolute atomic E-state index is 0.00157. The first-order chi connectivity index (χ1) is 10.7. The van der Waals surface area contributed by atoms with Crippen LogP contribution in [0.25, 0.3) is 10.9 Å². The topological polar surface area (TPSA) is 51.7 Å². The molecule has 0 saturated carbocycles. The Morgan fingerprint density at radius 3 is 2.95 bits per heavy atom. The predicted octanol–water partition coefficient (Wildman–Crippen LogP) is 2.00. The highest BCUT2D eigenvalue weighted by Crippen LogP contribution is 2.17. The Labute approximate surface area is 129 Å². The van der Waals surface area contributed by atoms with E-state index in [1.807, 2.05) is 31.2 Å². The van der Waals surface area contributed by atoms with E-state index in [4.69, 9.17) is 9.47 Å². The van der Waals surface area contributed by atoms with Crippen molar-refractivity contribution < 1.29 is 14.3 Å². The quantitative estimate of drug-likeness (QED) is 0.812. The third kappa shape index (κ3) is 3.26. The summed E-state index contributed by atoms with van der Waals surface area (Å²) in [4.78, 5) is 18.6. The van der Waals surface area contributed by atoms with Gasteiger partial charge in [0.1, 0.15) is 0 Å². The lowest BCUT2D eigenvalue weighted by Crippen LogP contribution is -2.49. The van der Waals surface area contributed by atoms with Gasteiger partial charge in [0.05, 0.1) is 24.4 Å². The summed E-state index contributed by atoms with van der Waals surface area (Å²) in [7, 11) is 1.39. The zero-order chi connectivity index (χ0) is 15.5. The SMILES string of the molecule is COC(=O)[C@H]1CN(Cc2ccc3ccccc3n2)C[C@@H](C)O1. The maximum atomic E-state index is 11.7. The van der Waals surface area contributed by atoms with Gasteiger partial charge in [0, 0.05) is 25.0 Å². The summed E-state index contributed by atoms with van der Waals surface area (Å²) < 4.78 is 10.4. The van der Waals surface area contributed by atoms with Crippen molar-refractivity contribution in [3.05, 3.63) is 42.1 Å². The summed E-state index contributed by atoms with van der Waals surface area (Å²) in [5.41, 5.74) is 1.99. The van der Waals surface area contributed by atoms with E-state index >= 15 is 0 Å². The Bertz CT molecular complexity index is 674. The molecule has 22 heavy (non-hydrogen) atoms. The number of fused-ring (bicyclic) bond motifs is 1. The molecule has 5 heteroatoms. The standard InChI is InChI=1S/C17H20N2O3/c1-12-9-19(11-16(22-12)17(20)21-2)10-14-8-7-13-5-3-4-6-15(13)18-14/h3-8,12,16H,9-11H2,1-2H3/t12-,16-/m1/s1. The fourth-order valence-corrected chi connectivity index (χ4v) is 2.86. The van der Waals surface area contributed by atoms with Gasteiger partial charge in [-0.05, 0) is 19.1 Å². The van der Waals surface area contributed by atoms with Gasteiger partial charge in [0.2, 0.25) is 0 Å². The Morgan fingerprint density at radius 2 is 2.14 bits per heavy atom. The third-order valence-electron chi connectivity index (χ3n) is 3.84. The van der Waals surface area contributed by atoms with Gasteiger partial charge in [-0.2, -0.15) is 0 Å². The first-order valence-electron chi connectivity index (χ1n) is 7.46. The molecule has 116 valence electrons. The van der Waals surface area contributed by atoms with Crippen molar-refractivity contribution in [3.8, 4) is 0 Å². The van der Waals surface area contributed by atoms with Crippen molar-refractivity contribution in [2.75, 3.05) is 20.2 Å². The first kappa shape index (κ1) is 14.9. The van der Waals surface area contributed by atoms with E-state index in [0.717, 1.165) is 23.1 Å². The molecule has 2 aromatic rings. The van der Waals surface area contributed by atoms with Crippen molar-refractivity contribution in [2.24, 2.45) is 0 Å². The number of hydrogen-bond donors (Lipinski definition) is 0. The number of benzene rings is 1. The van der Waals surface area contributed by atoms with E-state index < -0.39 is 6.10 Å². The lowest BCUT2D eigenvalue weighted by atomic mass is 10.1. The molecule has 5 nitrogen and oxygen atoms in total. The molecule has 0 N–H and O–H groups in total. The van der Waals surface area contributed by atoms with Crippen molar-refractivity contribution in [1.82, 2.24) is 9.88 Å². The maximum absolute atomic E-state index is 11.7. The Kier molecular flexibility index (Phi) is 4.36. The fourth-order valence-electron chi connectivity index (χ4n) is 2.86. The molecule has 1 aromatic heterocycles. The number of hydrogen-bond acceptors (Lipinski definition) is 5. The summed E-state index contributed by atoms with van der Waals surface area (Å²) in [5, 5.41) is 1.13. The van der Waals surface area contributed by atoms with Crippen LogP contribution < -0.4 is 0 Å². The minimum Gasteiger partial charge on any atom is -0.467 e. The number of pyridine rings is 1. The van der Waals surface area contributed by atoms with Crippen molar-refractivity contribution in [1.29, 1.82) is 0 Å². The number of ether oxygens (including phenoxy) is 2. The van der Waals surface area contributed by atoms with Crippen LogP contribution in [0.1, 0.15) is 12.6 Å². The highest BCUT2D eigenvalue weighted by Gasteiger charge is 2.31. The van der Waals surface area contributed by atoms with E-state index in [2.05, 4.69) is 22.0 Å². The zero-order valence-electron chi connectivity index (χ0n) is 12.9. The van der Waals surface area contributed by atoms with Gasteiger partial charge in [0.15, 0.2) is 6.10 Å². The van der Waals surface area contributed by atoms with Gasteiger partial charge in [-0.15, -0.1) is 0 Å². The average molecular weight is 300 g/mol. The van der Waals surface area contributed by atoms with Crippen LogP contribution in [0, 0.1) is 0 Å². The van der Waals surface area contributed by atoms with Crippen LogP contribution in [-0.2, 0) is 20.8 Å². The molecule has 2 heterocycles. The summed E-state index contributed by atoms with van der Waals surface area (Å²) >= 11 is 0. The van der Waals surface area contributed by atoms with Crippen LogP contribution in [0.3, 0.4) is 0 Å². The lowest BCUT2D eigenvalue weighted by Gasteiger charge is -2.35. The Morgan fingerprint density at radius 1 is 1.32 bits per heavy atom. The summed E-state index contributed by atoms with van der Waals surface area (Å²) in [6.45, 7) is 3.98. The largest absolute Gasteiger partial charge is 0.467 e. The van der Waals surface area contributed by atoms with Gasteiger partial charge in [-0.3, -0.25) is 9.88 Å². The van der Waals surface area contributed by atoms with Gasteiger partial charge >= 0.3 is 5.97 Å². The molecule has 1 aliphatic rings. The number of carbonyl (C=O) groups is 1. The molecule has 1 aliphatic heterocycles. The summed E-state index contributed by atoms with van der Waals surface area (Å²) in [5.74, 6) is -0.317. The van der Waals surface area contributed by atoms with Gasteiger partial charge in [-0.25, -0.2) is 4.79 Å². The smallest absolute Gasteiger partial charge is 0.336 e. The van der Waals surface area contributed by atoms with Gasteiger partial charge in [-0.1, -0.05) is 24.3 Å². The molecule has 0 unspecified atom stereocenters. The molecule has 1 saturated heterocycles. The number of morpholine rings is 1. The molecule has 3 rings (SSSR count). The fraction of sp³-hybridized carbons (Fsp3) is 0.412. The van der Waals surface area contributed by atoms with Crippen molar-refractivity contribution in [2.45, 2.75) is 25.7 Å². The molecule has 1 fully saturated rings. The van der Waals surface area contributed by atoms with E-state index in [0.29, 0.717) is 13.1 Å². The number of aromatic nitrogens is 1. The number of nitrogens with zero attached hydrogens (tertiary/aromatic N) is 2. The Hall–Kier alpha value is -1.98. The third-order valence-corrected chi connectivity index (χ3v) is 3.84. The monoisotopic (exact) mass is 300 g/mol. The van der Waals surface area contributed by atoms with Crippen LogP contribution >= 0.6 is 0 Å². The van der Waals surface area contributed by atoms with Crippen LogP contribution in [0.5, 0.6) is 0 Å². The molecule has 0 amide bonds. The van der Waals surface area contributed by atoms with E-state index in [-0.39, 0.29) is 12.1 Å². The highest BCUT2D eigenvalue weighted by atomic mass is 16.6. The summed E-state index contributed by atoms with van der Waals surface area (Å²) in [6.07, 6.45) is -0.521. The number of carbonyl (C=O) groups excluding carboxylic acids is 1. The van der Waals surface area contributed by atoms with Crippen molar-refractivity contribution in [3.63, 3.8) is 0 Å². The number of esters is 1. The Balaban J connectivity index is 1.74. The van der Waals surface area contributed by atoms with Gasteiger partial charge < -0.3 is 9.47 Å². The normalized spacial score (nSPS) is 22.6. The van der Waals surface area contributed by atoms with Crippen LogP contribution in [0.15, 0.2) is 36.4 Å². The molecule has 0 bridgehead atoms.